The summed E-state index contributed by atoms with van der Waals surface area (Å²) in [6, 6.07) is 9.39. The first-order chi connectivity index (χ1) is 14.0. The predicted molar refractivity (Wildman–Crippen MR) is 114 cm³/mol. The summed E-state index contributed by atoms with van der Waals surface area (Å²) in [5.74, 6) is 1.20. The maximum absolute atomic E-state index is 11.9. The Labute approximate surface area is 171 Å². The highest BCUT2D eigenvalue weighted by Gasteiger charge is 2.24. The van der Waals surface area contributed by atoms with Crippen LogP contribution in [0.15, 0.2) is 30.3 Å². The molecule has 0 bridgehead atoms. The number of carbonyl (C=O) groups is 2. The number of anilines is 3. The first-order valence-corrected chi connectivity index (χ1v) is 9.97. The molecule has 2 amide bonds. The van der Waals surface area contributed by atoms with E-state index < -0.39 is 0 Å². The van der Waals surface area contributed by atoms with E-state index in [1.807, 2.05) is 18.2 Å². The van der Waals surface area contributed by atoms with Crippen LogP contribution in [0.4, 0.5) is 17.5 Å². The Morgan fingerprint density at radius 1 is 1.24 bits per heavy atom. The molecule has 2 aromatic rings. The fourth-order valence-corrected chi connectivity index (χ4v) is 3.47. The zero-order chi connectivity index (χ0) is 20.8. The molecular formula is C21H28N6O2. The van der Waals surface area contributed by atoms with Crippen LogP contribution in [0.2, 0.25) is 0 Å². The predicted octanol–water partition coefficient (Wildman–Crippen LogP) is 2.25. The number of nitrogens with zero attached hydrogens (tertiary/aromatic N) is 3. The van der Waals surface area contributed by atoms with Gasteiger partial charge in [-0.25, -0.2) is 4.98 Å². The van der Waals surface area contributed by atoms with Crippen LogP contribution in [0.5, 0.6) is 0 Å². The Bertz CT molecular complexity index is 885. The molecule has 154 valence electrons. The van der Waals surface area contributed by atoms with Crippen molar-refractivity contribution in [2.24, 2.45) is 0 Å². The number of amides is 2. The molecule has 0 radical (unpaired) electrons. The van der Waals surface area contributed by atoms with Crippen molar-refractivity contribution >= 4 is 29.3 Å². The molecule has 1 aromatic heterocycles. The largest absolute Gasteiger partial charge is 0.355 e. The number of aromatic nitrogens is 2. The highest BCUT2D eigenvalue weighted by Crippen LogP contribution is 2.23. The molecule has 0 saturated carbocycles. The van der Waals surface area contributed by atoms with Gasteiger partial charge in [-0.15, -0.1) is 0 Å². The van der Waals surface area contributed by atoms with Crippen molar-refractivity contribution in [1.82, 2.24) is 20.6 Å². The zero-order valence-corrected chi connectivity index (χ0v) is 17.2. The van der Waals surface area contributed by atoms with Gasteiger partial charge in [-0.2, -0.15) is 4.98 Å². The van der Waals surface area contributed by atoms with E-state index >= 15 is 0 Å². The van der Waals surface area contributed by atoms with E-state index in [0.717, 1.165) is 49.6 Å². The number of hydrogen-bond acceptors (Lipinski definition) is 6. The first kappa shape index (κ1) is 20.6. The number of benzene rings is 1. The Hall–Kier alpha value is -3.16. The number of aryl methyl sites for hydroxylation is 1. The van der Waals surface area contributed by atoms with Gasteiger partial charge >= 0.3 is 0 Å². The minimum atomic E-state index is -0.143. The van der Waals surface area contributed by atoms with Crippen LogP contribution in [-0.4, -0.2) is 48.0 Å². The fourth-order valence-electron chi connectivity index (χ4n) is 3.47. The van der Waals surface area contributed by atoms with Gasteiger partial charge in [0, 0.05) is 56.1 Å². The molecule has 1 saturated heterocycles. The number of hydrogen-bond donors (Lipinski definition) is 3. The van der Waals surface area contributed by atoms with E-state index in [4.69, 9.17) is 4.98 Å². The summed E-state index contributed by atoms with van der Waals surface area (Å²) in [6.45, 7) is 5.22. The average Bonchev–Trinajstić information content (AvgIpc) is 3.15. The van der Waals surface area contributed by atoms with Crippen molar-refractivity contribution in [3.8, 4) is 0 Å². The fraction of sp³-hybridized carbons (Fsp3) is 0.429. The highest BCUT2D eigenvalue weighted by atomic mass is 16.2. The highest BCUT2D eigenvalue weighted by molar-refractivity contribution is 5.95. The summed E-state index contributed by atoms with van der Waals surface area (Å²) in [5, 5.41) is 8.84. The lowest BCUT2D eigenvalue weighted by Crippen LogP contribution is -2.35. The Morgan fingerprint density at radius 2 is 2.07 bits per heavy atom. The monoisotopic (exact) mass is 396 g/mol. The van der Waals surface area contributed by atoms with E-state index in [2.05, 4.69) is 32.8 Å². The van der Waals surface area contributed by atoms with Gasteiger partial charge in [-0.3, -0.25) is 9.59 Å². The minimum Gasteiger partial charge on any atom is -0.355 e. The van der Waals surface area contributed by atoms with E-state index in [0.29, 0.717) is 11.5 Å². The van der Waals surface area contributed by atoms with E-state index in [-0.39, 0.29) is 17.9 Å². The van der Waals surface area contributed by atoms with E-state index in [1.54, 1.807) is 26.1 Å². The van der Waals surface area contributed by atoms with Crippen molar-refractivity contribution < 1.29 is 9.59 Å². The van der Waals surface area contributed by atoms with Crippen molar-refractivity contribution in [3.05, 3.63) is 41.6 Å². The van der Waals surface area contributed by atoms with Gasteiger partial charge in [0.05, 0.1) is 0 Å². The SMILES string of the molecule is CCCc1cc(N2CC[C@H](NC(C)=O)C2)nc(Nc2cccc(C(=O)NC)c2)n1. The Kier molecular flexibility index (Phi) is 6.64. The van der Waals surface area contributed by atoms with Gasteiger partial charge in [0.15, 0.2) is 0 Å². The molecule has 3 N–H and O–H groups in total. The zero-order valence-electron chi connectivity index (χ0n) is 17.2. The lowest BCUT2D eigenvalue weighted by atomic mass is 10.2. The molecule has 8 nitrogen and oxygen atoms in total. The van der Waals surface area contributed by atoms with Gasteiger partial charge in [-0.1, -0.05) is 19.4 Å². The molecule has 3 rings (SSSR count). The maximum Gasteiger partial charge on any atom is 0.251 e. The molecule has 0 unspecified atom stereocenters. The van der Waals surface area contributed by atoms with Gasteiger partial charge in [0.1, 0.15) is 5.82 Å². The van der Waals surface area contributed by atoms with Gasteiger partial charge in [0.25, 0.3) is 5.91 Å². The summed E-state index contributed by atoms with van der Waals surface area (Å²) in [5.41, 5.74) is 2.29. The van der Waals surface area contributed by atoms with Crippen molar-refractivity contribution in [2.45, 2.75) is 39.2 Å². The first-order valence-electron chi connectivity index (χ1n) is 9.97. The van der Waals surface area contributed by atoms with Gasteiger partial charge in [0.2, 0.25) is 11.9 Å². The third-order valence-electron chi connectivity index (χ3n) is 4.80. The lowest BCUT2D eigenvalue weighted by molar-refractivity contribution is -0.119. The minimum absolute atomic E-state index is 0.00966. The standard InChI is InChI=1S/C21H28N6O2/c1-4-6-16-12-19(27-10-9-18(13-27)23-14(2)28)26-21(24-16)25-17-8-5-7-15(11-17)20(29)22-3/h5,7-8,11-12,18H,4,6,9-10,13H2,1-3H3,(H,22,29)(H,23,28)(H,24,25,26)/t18-/m0/s1. The third kappa shape index (κ3) is 5.43. The molecule has 8 heteroatoms. The number of nitrogens with one attached hydrogen (secondary N) is 3. The number of rotatable bonds is 7. The molecule has 1 aliphatic heterocycles. The molecule has 29 heavy (non-hydrogen) atoms. The molecule has 1 fully saturated rings. The van der Waals surface area contributed by atoms with E-state index in [1.165, 1.54) is 0 Å². The summed E-state index contributed by atoms with van der Waals surface area (Å²) in [4.78, 5) is 34.7. The van der Waals surface area contributed by atoms with Crippen LogP contribution in [0.3, 0.4) is 0 Å². The second-order valence-corrected chi connectivity index (χ2v) is 7.21. The van der Waals surface area contributed by atoms with E-state index in [9.17, 15) is 9.59 Å². The quantitative estimate of drug-likeness (QED) is 0.664. The summed E-state index contributed by atoms with van der Waals surface area (Å²) in [6.07, 6.45) is 2.73. The van der Waals surface area contributed by atoms with Crippen LogP contribution in [0.25, 0.3) is 0 Å². The molecule has 0 spiro atoms. The van der Waals surface area contributed by atoms with Gasteiger partial charge < -0.3 is 20.9 Å². The second kappa shape index (κ2) is 9.36. The summed E-state index contributed by atoms with van der Waals surface area (Å²) in [7, 11) is 1.61. The second-order valence-electron chi connectivity index (χ2n) is 7.21. The van der Waals surface area contributed by atoms with Crippen molar-refractivity contribution in [1.29, 1.82) is 0 Å². The Morgan fingerprint density at radius 3 is 2.79 bits per heavy atom. The Balaban J connectivity index is 1.82. The average molecular weight is 396 g/mol. The molecule has 1 aromatic carbocycles. The van der Waals surface area contributed by atoms with Crippen LogP contribution >= 0.6 is 0 Å². The lowest BCUT2D eigenvalue weighted by Gasteiger charge is -2.19. The molecular weight excluding hydrogens is 368 g/mol. The third-order valence-corrected chi connectivity index (χ3v) is 4.80. The molecule has 2 heterocycles. The number of carbonyl (C=O) groups excluding carboxylic acids is 2. The maximum atomic E-state index is 11.9. The smallest absolute Gasteiger partial charge is 0.251 e. The normalized spacial score (nSPS) is 15.8. The molecule has 1 aliphatic rings. The van der Waals surface area contributed by atoms with Crippen LogP contribution < -0.4 is 20.9 Å². The summed E-state index contributed by atoms with van der Waals surface area (Å²) < 4.78 is 0. The molecule has 0 aliphatic carbocycles. The van der Waals surface area contributed by atoms with Crippen LogP contribution in [0.1, 0.15) is 42.7 Å². The van der Waals surface area contributed by atoms with Crippen LogP contribution in [0, 0.1) is 0 Å². The van der Waals surface area contributed by atoms with Crippen molar-refractivity contribution in [3.63, 3.8) is 0 Å². The van der Waals surface area contributed by atoms with Crippen LogP contribution in [-0.2, 0) is 11.2 Å². The molecule has 1 atom stereocenters. The van der Waals surface area contributed by atoms with Gasteiger partial charge in [-0.05, 0) is 31.0 Å². The van der Waals surface area contributed by atoms with Crippen molar-refractivity contribution in [2.75, 3.05) is 30.4 Å². The summed E-state index contributed by atoms with van der Waals surface area (Å²) >= 11 is 0. The topological polar surface area (TPSA) is 99.3 Å².